The Kier molecular flexibility index (Phi) is 4.15. The predicted molar refractivity (Wildman–Crippen MR) is 114 cm³/mol. The molecule has 2 aromatic carbocycles. The van der Waals surface area contributed by atoms with Gasteiger partial charge in [-0.05, 0) is 12.1 Å². The van der Waals surface area contributed by atoms with Gasteiger partial charge in [-0.2, -0.15) is 19.6 Å². The van der Waals surface area contributed by atoms with E-state index < -0.39 is 15.6 Å². The Morgan fingerprint density at radius 3 is 2.71 bits per heavy atom. The number of nitriles is 1. The van der Waals surface area contributed by atoms with E-state index in [-0.39, 0.29) is 19.1 Å². The van der Waals surface area contributed by atoms with Gasteiger partial charge in [0.25, 0.3) is 6.01 Å². The van der Waals surface area contributed by atoms with Crippen molar-refractivity contribution in [3.8, 4) is 17.2 Å². The van der Waals surface area contributed by atoms with Crippen molar-refractivity contribution in [3.63, 3.8) is 0 Å². The molecule has 31 heavy (non-hydrogen) atoms. The zero-order valence-corrected chi connectivity index (χ0v) is 17.4. The zero-order chi connectivity index (χ0) is 21.8. The van der Waals surface area contributed by atoms with Crippen LogP contribution in [-0.4, -0.2) is 46.8 Å². The van der Waals surface area contributed by atoms with Crippen molar-refractivity contribution >= 4 is 27.1 Å². The molecule has 0 aliphatic carbocycles. The highest BCUT2D eigenvalue weighted by Crippen LogP contribution is 2.40. The maximum atomic E-state index is 12.1. The summed E-state index contributed by atoms with van der Waals surface area (Å²) < 4.78 is 32.9. The summed E-state index contributed by atoms with van der Waals surface area (Å²) in [6, 6.07) is 15.0. The molecule has 0 spiro atoms. The van der Waals surface area contributed by atoms with Gasteiger partial charge in [0.15, 0.2) is 5.58 Å². The molecule has 9 nitrogen and oxygen atoms in total. The van der Waals surface area contributed by atoms with E-state index in [0.717, 1.165) is 16.7 Å². The lowest BCUT2D eigenvalue weighted by Crippen LogP contribution is -2.64. The van der Waals surface area contributed by atoms with E-state index in [2.05, 4.69) is 16.2 Å². The fraction of sp³-hybridized carbons (Fsp3) is 0.190. The van der Waals surface area contributed by atoms with Gasteiger partial charge < -0.3 is 10.2 Å². The number of aromatic nitrogens is 3. The molecule has 156 valence electrons. The molecule has 1 fully saturated rings. The van der Waals surface area contributed by atoms with E-state index in [1.54, 1.807) is 23.0 Å². The fourth-order valence-electron chi connectivity index (χ4n) is 4.09. The largest absolute Gasteiger partial charge is 0.423 e. The maximum absolute atomic E-state index is 12.1. The van der Waals surface area contributed by atoms with Gasteiger partial charge in [0.2, 0.25) is 10.0 Å². The Bertz CT molecular complexity index is 1460. The lowest BCUT2D eigenvalue weighted by molar-refractivity contribution is 0.108. The van der Waals surface area contributed by atoms with E-state index in [1.165, 1.54) is 10.6 Å². The summed E-state index contributed by atoms with van der Waals surface area (Å²) in [5, 5.41) is 14.2. The number of nitrogens with zero attached hydrogens (tertiary/aromatic N) is 5. The van der Waals surface area contributed by atoms with Crippen LogP contribution in [0.15, 0.2) is 59.3 Å². The molecule has 0 radical (unpaired) electrons. The van der Waals surface area contributed by atoms with Gasteiger partial charge >= 0.3 is 0 Å². The Balaban J connectivity index is 1.64. The van der Waals surface area contributed by atoms with E-state index >= 15 is 0 Å². The predicted octanol–water partition coefficient (Wildman–Crippen LogP) is 2.16. The molecule has 1 saturated heterocycles. The summed E-state index contributed by atoms with van der Waals surface area (Å²) in [5.74, 6) is 0. The number of anilines is 1. The lowest BCUT2D eigenvalue weighted by atomic mass is 9.81. The average Bonchev–Trinajstić information content (AvgIpc) is 3.32. The molecule has 1 aliphatic heterocycles. The number of nitrogen functional groups attached to an aromatic ring is 1. The lowest BCUT2D eigenvalue weighted by Gasteiger charge is -2.49. The van der Waals surface area contributed by atoms with Crippen LogP contribution >= 0.6 is 0 Å². The molecule has 0 bridgehead atoms. The second-order valence-corrected chi connectivity index (χ2v) is 9.58. The summed E-state index contributed by atoms with van der Waals surface area (Å²) in [4.78, 5) is 4.16. The van der Waals surface area contributed by atoms with Crippen molar-refractivity contribution in [1.82, 2.24) is 19.1 Å². The SMILES string of the molecule is CS(=O)(=O)N1CC(c2ccccc2C#N)(n2cc(-c3cccc4nc(N)oc34)cn2)C1. The number of benzene rings is 2. The molecule has 0 unspecified atom stereocenters. The normalized spacial score (nSPS) is 16.1. The number of rotatable bonds is 4. The van der Waals surface area contributed by atoms with Crippen LogP contribution in [0, 0.1) is 11.3 Å². The van der Waals surface area contributed by atoms with Crippen molar-refractivity contribution < 1.29 is 12.8 Å². The van der Waals surface area contributed by atoms with Crippen molar-refractivity contribution in [2.75, 3.05) is 25.1 Å². The van der Waals surface area contributed by atoms with Gasteiger partial charge in [0, 0.05) is 36.0 Å². The second-order valence-electron chi connectivity index (χ2n) is 7.60. The molecule has 10 heteroatoms. The minimum atomic E-state index is -3.37. The first-order valence-corrected chi connectivity index (χ1v) is 11.3. The number of nitrogens with two attached hydrogens (primary N) is 1. The molecule has 5 rings (SSSR count). The van der Waals surface area contributed by atoms with Crippen molar-refractivity contribution in [3.05, 3.63) is 66.0 Å². The minimum Gasteiger partial charge on any atom is -0.423 e. The summed E-state index contributed by atoms with van der Waals surface area (Å²) in [7, 11) is -3.37. The molecule has 4 aromatic rings. The number of oxazole rings is 1. The van der Waals surface area contributed by atoms with Gasteiger partial charge in [-0.1, -0.05) is 30.3 Å². The topological polar surface area (TPSA) is 131 Å². The highest BCUT2D eigenvalue weighted by molar-refractivity contribution is 7.88. The quantitative estimate of drug-likeness (QED) is 0.521. The summed E-state index contributed by atoms with van der Waals surface area (Å²) >= 11 is 0. The summed E-state index contributed by atoms with van der Waals surface area (Å²) in [6.45, 7) is 0.371. The van der Waals surface area contributed by atoms with Crippen LogP contribution in [-0.2, 0) is 15.6 Å². The molecular formula is C21H18N6O3S. The van der Waals surface area contributed by atoms with Crippen LogP contribution in [0.1, 0.15) is 11.1 Å². The highest BCUT2D eigenvalue weighted by atomic mass is 32.2. The van der Waals surface area contributed by atoms with Gasteiger partial charge in [-0.25, -0.2) is 8.42 Å². The van der Waals surface area contributed by atoms with E-state index in [1.807, 2.05) is 36.5 Å². The van der Waals surface area contributed by atoms with Crippen LogP contribution < -0.4 is 5.73 Å². The maximum Gasteiger partial charge on any atom is 0.293 e. The first kappa shape index (κ1) is 19.3. The monoisotopic (exact) mass is 434 g/mol. The number of fused-ring (bicyclic) bond motifs is 1. The Hall–Kier alpha value is -3.68. The van der Waals surface area contributed by atoms with Gasteiger partial charge in [-0.3, -0.25) is 4.68 Å². The van der Waals surface area contributed by atoms with Crippen LogP contribution in [0.4, 0.5) is 6.01 Å². The van der Waals surface area contributed by atoms with E-state index in [9.17, 15) is 13.7 Å². The Labute approximate surface area is 178 Å². The van der Waals surface area contributed by atoms with Gasteiger partial charge in [0.1, 0.15) is 11.1 Å². The molecule has 0 amide bonds. The standard InChI is InChI=1S/C21H18N6O3S/c1-31(28,29)26-12-21(13-26,17-7-3-2-5-14(17)9-22)27-11-15(10-24-27)16-6-4-8-18-19(16)30-20(23)25-18/h2-8,10-11H,12-13H2,1H3,(H2,23,25). The first-order chi connectivity index (χ1) is 14.8. The number of para-hydroxylation sites is 1. The molecule has 0 saturated carbocycles. The van der Waals surface area contributed by atoms with E-state index in [0.29, 0.717) is 16.7 Å². The van der Waals surface area contributed by atoms with Crippen LogP contribution in [0.3, 0.4) is 0 Å². The van der Waals surface area contributed by atoms with Crippen LogP contribution in [0.2, 0.25) is 0 Å². The molecule has 2 N–H and O–H groups in total. The third-order valence-electron chi connectivity index (χ3n) is 5.66. The second kappa shape index (κ2) is 6.66. The number of sulfonamides is 1. The van der Waals surface area contributed by atoms with Crippen molar-refractivity contribution in [2.24, 2.45) is 0 Å². The van der Waals surface area contributed by atoms with Gasteiger partial charge in [-0.15, -0.1) is 0 Å². The first-order valence-electron chi connectivity index (χ1n) is 9.47. The Morgan fingerprint density at radius 1 is 1.19 bits per heavy atom. The van der Waals surface area contributed by atoms with Crippen LogP contribution in [0.25, 0.3) is 22.2 Å². The highest BCUT2D eigenvalue weighted by Gasteiger charge is 2.51. The average molecular weight is 434 g/mol. The summed E-state index contributed by atoms with van der Waals surface area (Å²) in [5.41, 5.74) is 8.88. The third kappa shape index (κ3) is 2.98. The molecule has 1 aliphatic rings. The zero-order valence-electron chi connectivity index (χ0n) is 16.6. The van der Waals surface area contributed by atoms with Gasteiger partial charge in [0.05, 0.1) is 24.1 Å². The third-order valence-corrected chi connectivity index (χ3v) is 6.85. The fourth-order valence-corrected chi connectivity index (χ4v) is 4.98. The molecule has 0 atom stereocenters. The summed E-state index contributed by atoms with van der Waals surface area (Å²) in [6.07, 6.45) is 4.70. The number of hydrogen-bond acceptors (Lipinski definition) is 7. The smallest absolute Gasteiger partial charge is 0.293 e. The van der Waals surface area contributed by atoms with Crippen molar-refractivity contribution in [1.29, 1.82) is 5.26 Å². The molecule has 2 aromatic heterocycles. The molecular weight excluding hydrogens is 416 g/mol. The Morgan fingerprint density at radius 2 is 1.97 bits per heavy atom. The molecule has 3 heterocycles. The van der Waals surface area contributed by atoms with Crippen molar-refractivity contribution in [2.45, 2.75) is 5.54 Å². The van der Waals surface area contributed by atoms with E-state index in [4.69, 9.17) is 10.2 Å². The minimum absolute atomic E-state index is 0.0806. The number of hydrogen-bond donors (Lipinski definition) is 1. The van der Waals surface area contributed by atoms with Crippen LogP contribution in [0.5, 0.6) is 0 Å².